The number of nitrogens with one attached hydrogen (secondary N) is 1. The highest BCUT2D eigenvalue weighted by Crippen LogP contribution is 2.29. The maximum atomic E-state index is 10.4. The largest absolute Gasteiger partial charge is 0.433 e. The summed E-state index contributed by atoms with van der Waals surface area (Å²) in [7, 11) is 0. The second kappa shape index (κ2) is 4.74. The first-order chi connectivity index (χ1) is 8.20. The molecule has 0 aliphatic heterocycles. The number of hydrogen-bond donors (Lipinski definition) is 1. The summed E-state index contributed by atoms with van der Waals surface area (Å²) in [6.45, 7) is 4.14. The lowest BCUT2D eigenvalue weighted by molar-refractivity contribution is -0.401. The van der Waals surface area contributed by atoms with Crippen LogP contribution in [0.25, 0.3) is 10.8 Å². The first kappa shape index (κ1) is 11.3. The minimum atomic E-state index is -0.596. The fraction of sp³-hybridized carbons (Fsp3) is 0.111. The van der Waals surface area contributed by atoms with Gasteiger partial charge < -0.3 is 9.73 Å². The predicted molar refractivity (Wildman–Crippen MR) is 63.0 cm³/mol. The minimum absolute atomic E-state index is 0.309. The molecule has 2 aromatic rings. The van der Waals surface area contributed by atoms with Crippen LogP contribution in [0, 0.1) is 10.1 Å². The van der Waals surface area contributed by atoms with Crippen molar-refractivity contribution < 1.29 is 9.34 Å². The number of nitro groups is 1. The second-order valence-corrected chi connectivity index (χ2v) is 3.95. The van der Waals surface area contributed by atoms with Gasteiger partial charge in [0.2, 0.25) is 5.13 Å². The first-order valence-corrected chi connectivity index (χ1v) is 5.45. The first-order valence-electron chi connectivity index (χ1n) is 4.63. The van der Waals surface area contributed by atoms with E-state index in [-0.39, 0.29) is 5.88 Å². The molecule has 0 amide bonds. The maximum Gasteiger partial charge on any atom is 0.433 e. The van der Waals surface area contributed by atoms with Gasteiger partial charge >= 0.3 is 5.88 Å². The molecule has 1 N–H and O–H groups in total. The van der Waals surface area contributed by atoms with E-state index in [0.29, 0.717) is 22.4 Å². The molecule has 2 heterocycles. The molecular formula is C9H8N4O3S. The summed E-state index contributed by atoms with van der Waals surface area (Å²) in [6.07, 6.45) is 1.69. The van der Waals surface area contributed by atoms with Crippen molar-refractivity contribution in [2.75, 3.05) is 11.9 Å². The Balaban J connectivity index is 2.18. The van der Waals surface area contributed by atoms with Crippen LogP contribution in [0.15, 0.2) is 29.2 Å². The van der Waals surface area contributed by atoms with E-state index < -0.39 is 4.92 Å². The molecule has 0 saturated heterocycles. The zero-order valence-electron chi connectivity index (χ0n) is 8.62. The number of anilines is 1. The minimum Gasteiger partial charge on any atom is -0.398 e. The van der Waals surface area contributed by atoms with Crippen molar-refractivity contribution in [3.05, 3.63) is 34.9 Å². The molecule has 0 atom stereocenters. The van der Waals surface area contributed by atoms with E-state index in [4.69, 9.17) is 4.42 Å². The number of hydrogen-bond acceptors (Lipinski definition) is 7. The van der Waals surface area contributed by atoms with E-state index in [9.17, 15) is 10.1 Å². The Morgan fingerprint density at radius 1 is 1.59 bits per heavy atom. The lowest BCUT2D eigenvalue weighted by Gasteiger charge is -1.92. The summed E-state index contributed by atoms with van der Waals surface area (Å²) >= 11 is 1.25. The van der Waals surface area contributed by atoms with Gasteiger partial charge in [-0.05, 0) is 6.07 Å². The summed E-state index contributed by atoms with van der Waals surface area (Å²) in [4.78, 5) is 9.85. The number of furan rings is 1. The summed E-state index contributed by atoms with van der Waals surface area (Å²) < 4.78 is 5.01. The van der Waals surface area contributed by atoms with Crippen molar-refractivity contribution in [1.82, 2.24) is 10.2 Å². The molecule has 0 spiro atoms. The summed E-state index contributed by atoms with van der Waals surface area (Å²) in [6, 6.07) is 2.78. The van der Waals surface area contributed by atoms with Gasteiger partial charge in [-0.3, -0.25) is 10.1 Å². The van der Waals surface area contributed by atoms with E-state index in [0.717, 1.165) is 0 Å². The van der Waals surface area contributed by atoms with E-state index in [1.54, 1.807) is 6.08 Å². The van der Waals surface area contributed by atoms with Gasteiger partial charge in [-0.25, -0.2) is 0 Å². The van der Waals surface area contributed by atoms with Crippen LogP contribution in [0.2, 0.25) is 0 Å². The zero-order chi connectivity index (χ0) is 12.3. The monoisotopic (exact) mass is 252 g/mol. The number of rotatable bonds is 5. The molecule has 0 bridgehead atoms. The normalized spacial score (nSPS) is 10.1. The van der Waals surface area contributed by atoms with Gasteiger partial charge in [-0.2, -0.15) is 0 Å². The van der Waals surface area contributed by atoms with Crippen molar-refractivity contribution in [3.63, 3.8) is 0 Å². The fourth-order valence-corrected chi connectivity index (χ4v) is 1.81. The van der Waals surface area contributed by atoms with Crippen LogP contribution in [-0.4, -0.2) is 21.7 Å². The van der Waals surface area contributed by atoms with Crippen LogP contribution in [0.1, 0.15) is 0 Å². The molecule has 0 aromatic carbocycles. The standard InChI is InChI=1S/C9H8N4O3S/c1-2-5-10-9-12-11-8(17-9)6-3-4-7(16-6)13(14)15/h2-4H,1,5H2,(H,10,12). The molecule has 17 heavy (non-hydrogen) atoms. The van der Waals surface area contributed by atoms with Crippen LogP contribution in [0.4, 0.5) is 11.0 Å². The average molecular weight is 252 g/mol. The zero-order valence-corrected chi connectivity index (χ0v) is 9.44. The summed E-state index contributed by atoms with van der Waals surface area (Å²) in [5.74, 6) is 0.0247. The Hall–Kier alpha value is -2.22. The number of aromatic nitrogens is 2. The van der Waals surface area contributed by atoms with Gasteiger partial charge in [0.15, 0.2) is 10.8 Å². The molecule has 88 valence electrons. The Bertz CT molecular complexity index is 548. The highest BCUT2D eigenvalue weighted by Gasteiger charge is 2.16. The van der Waals surface area contributed by atoms with Crippen LogP contribution in [0.5, 0.6) is 0 Å². The van der Waals surface area contributed by atoms with Gasteiger partial charge in [0.25, 0.3) is 0 Å². The smallest absolute Gasteiger partial charge is 0.398 e. The third kappa shape index (κ3) is 2.48. The van der Waals surface area contributed by atoms with Crippen molar-refractivity contribution >= 4 is 22.4 Å². The summed E-state index contributed by atoms with van der Waals surface area (Å²) in [5, 5.41) is 22.2. The van der Waals surface area contributed by atoms with Gasteiger partial charge in [0.05, 0.1) is 6.07 Å². The lowest BCUT2D eigenvalue weighted by Crippen LogP contribution is -1.96. The summed E-state index contributed by atoms with van der Waals surface area (Å²) in [5.41, 5.74) is 0. The third-order valence-electron chi connectivity index (χ3n) is 1.81. The number of nitrogens with zero attached hydrogens (tertiary/aromatic N) is 3. The van der Waals surface area contributed by atoms with Gasteiger partial charge in [-0.15, -0.1) is 16.8 Å². The molecular weight excluding hydrogens is 244 g/mol. The van der Waals surface area contributed by atoms with E-state index >= 15 is 0 Å². The van der Waals surface area contributed by atoms with E-state index in [2.05, 4.69) is 22.1 Å². The lowest BCUT2D eigenvalue weighted by atomic mass is 10.5. The highest BCUT2D eigenvalue weighted by molar-refractivity contribution is 7.18. The Kier molecular flexibility index (Phi) is 3.15. The Labute approximate surface area is 99.9 Å². The molecule has 2 aromatic heterocycles. The quantitative estimate of drug-likeness (QED) is 0.498. The topological polar surface area (TPSA) is 94.1 Å². The molecule has 0 saturated carbocycles. The second-order valence-electron chi connectivity index (χ2n) is 2.98. The van der Waals surface area contributed by atoms with E-state index in [1.165, 1.54) is 23.5 Å². The molecule has 0 aliphatic carbocycles. The molecule has 0 aliphatic rings. The molecule has 7 nitrogen and oxygen atoms in total. The van der Waals surface area contributed by atoms with Crippen molar-refractivity contribution in [3.8, 4) is 10.8 Å². The molecule has 0 fully saturated rings. The Morgan fingerprint density at radius 2 is 2.41 bits per heavy atom. The van der Waals surface area contributed by atoms with Gasteiger partial charge in [0.1, 0.15) is 4.92 Å². The van der Waals surface area contributed by atoms with Crippen molar-refractivity contribution in [2.24, 2.45) is 0 Å². The molecule has 0 radical (unpaired) electrons. The van der Waals surface area contributed by atoms with Crippen LogP contribution in [-0.2, 0) is 0 Å². The Morgan fingerprint density at radius 3 is 3.06 bits per heavy atom. The maximum absolute atomic E-state index is 10.4. The van der Waals surface area contributed by atoms with Crippen LogP contribution >= 0.6 is 11.3 Å². The van der Waals surface area contributed by atoms with Crippen molar-refractivity contribution in [2.45, 2.75) is 0 Å². The third-order valence-corrected chi connectivity index (χ3v) is 2.70. The average Bonchev–Trinajstić information content (AvgIpc) is 2.94. The van der Waals surface area contributed by atoms with E-state index in [1.807, 2.05) is 0 Å². The SMILES string of the molecule is C=CCNc1nnc(-c2ccc([N+](=O)[O-])o2)s1. The molecule has 0 unspecified atom stereocenters. The molecule has 8 heteroatoms. The van der Waals surface area contributed by atoms with Crippen LogP contribution in [0.3, 0.4) is 0 Å². The van der Waals surface area contributed by atoms with Crippen LogP contribution < -0.4 is 5.32 Å². The van der Waals surface area contributed by atoms with Gasteiger partial charge in [-0.1, -0.05) is 17.4 Å². The molecule has 2 rings (SSSR count). The fourth-order valence-electron chi connectivity index (χ4n) is 1.09. The van der Waals surface area contributed by atoms with Gasteiger partial charge in [0, 0.05) is 6.54 Å². The predicted octanol–water partition coefficient (Wildman–Crippen LogP) is 2.30. The van der Waals surface area contributed by atoms with Crippen molar-refractivity contribution in [1.29, 1.82) is 0 Å². The highest BCUT2D eigenvalue weighted by atomic mass is 32.1.